The summed E-state index contributed by atoms with van der Waals surface area (Å²) in [7, 11) is 0. The van der Waals surface area contributed by atoms with Gasteiger partial charge in [-0.15, -0.1) is 11.3 Å². The number of hydrogen-bond donors (Lipinski definition) is 0. The highest BCUT2D eigenvalue weighted by atomic mass is 32.1. The van der Waals surface area contributed by atoms with Crippen molar-refractivity contribution in [1.82, 2.24) is 0 Å². The first-order chi connectivity index (χ1) is 29.8. The van der Waals surface area contributed by atoms with Gasteiger partial charge in [0.2, 0.25) is 0 Å². The molecule has 2 aliphatic rings. The van der Waals surface area contributed by atoms with E-state index in [2.05, 4.69) is 206 Å². The van der Waals surface area contributed by atoms with Gasteiger partial charge in [-0.05, 0) is 135 Å². The molecule has 0 unspecified atom stereocenters. The van der Waals surface area contributed by atoms with Crippen molar-refractivity contribution >= 4 is 74.6 Å². The largest absolute Gasteiger partial charge is 0.134 e. The maximum absolute atomic E-state index is 2.61. The summed E-state index contributed by atoms with van der Waals surface area (Å²) in [4.78, 5) is 0. The normalized spacial score (nSPS) is 13.5. The zero-order valence-electron chi connectivity index (χ0n) is 32.5. The van der Waals surface area contributed by atoms with Crippen molar-refractivity contribution in [2.24, 2.45) is 0 Å². The molecule has 0 fully saturated rings. The third-order valence-corrected chi connectivity index (χ3v) is 15.0. The van der Waals surface area contributed by atoms with Crippen molar-refractivity contribution in [3.63, 3.8) is 0 Å². The first kappa shape index (κ1) is 32.6. The number of rotatable bonds is 2. The van der Waals surface area contributed by atoms with Gasteiger partial charge in [-0.1, -0.05) is 176 Å². The van der Waals surface area contributed by atoms with E-state index in [-0.39, 0.29) is 0 Å². The fraction of sp³-hybridized carbons (Fsp3) is 0.0169. The Morgan fingerprint density at radius 1 is 0.317 bits per heavy atom. The molecule has 0 radical (unpaired) electrons. The first-order valence-electron chi connectivity index (χ1n) is 20.9. The van der Waals surface area contributed by atoms with Crippen LogP contribution in [0.15, 0.2) is 206 Å². The molecule has 2 aliphatic carbocycles. The molecule has 0 N–H and O–H groups in total. The molecule has 0 saturated heterocycles. The monoisotopic (exact) mass is 774 g/mol. The fourth-order valence-corrected chi connectivity index (χ4v) is 12.6. The first-order valence-corrected chi connectivity index (χ1v) is 21.7. The topological polar surface area (TPSA) is 0 Å². The number of benzene rings is 11. The van der Waals surface area contributed by atoms with Gasteiger partial charge in [0, 0.05) is 25.7 Å². The molecule has 11 aromatic carbocycles. The van der Waals surface area contributed by atoms with Crippen LogP contribution < -0.4 is 0 Å². The Kier molecular flexibility index (Phi) is 6.46. The highest BCUT2D eigenvalue weighted by molar-refractivity contribution is 7.26. The summed E-state index contributed by atoms with van der Waals surface area (Å²) in [6, 6.07) is 78.1. The average Bonchev–Trinajstić information content (AvgIpc) is 3.96. The second-order valence-corrected chi connectivity index (χ2v) is 17.7. The van der Waals surface area contributed by atoms with Crippen LogP contribution in [0.2, 0.25) is 0 Å². The number of hydrogen-bond acceptors (Lipinski definition) is 1. The Labute approximate surface area is 351 Å². The quantitative estimate of drug-likeness (QED) is 0.153. The Balaban J connectivity index is 1.19. The summed E-state index contributed by atoms with van der Waals surface area (Å²) in [6.07, 6.45) is 0. The van der Waals surface area contributed by atoms with E-state index in [0.29, 0.717) is 0 Å². The zero-order valence-corrected chi connectivity index (χ0v) is 33.4. The number of thiophene rings is 1. The molecular weight excluding hydrogens is 741 g/mol. The molecule has 12 aromatic rings. The molecule has 1 heteroatoms. The van der Waals surface area contributed by atoms with Crippen molar-refractivity contribution < 1.29 is 0 Å². The fourth-order valence-electron chi connectivity index (χ4n) is 11.3. The predicted octanol–water partition coefficient (Wildman–Crippen LogP) is 16.3. The van der Waals surface area contributed by atoms with Gasteiger partial charge in [0.1, 0.15) is 0 Å². The molecule has 60 heavy (non-hydrogen) atoms. The van der Waals surface area contributed by atoms with Crippen LogP contribution in [0.1, 0.15) is 22.3 Å². The van der Waals surface area contributed by atoms with Gasteiger partial charge in [-0.2, -0.15) is 0 Å². The Bertz CT molecular complexity index is 3800. The molecule has 0 amide bonds. The van der Waals surface area contributed by atoms with E-state index in [0.717, 1.165) is 0 Å². The second kappa shape index (κ2) is 11.9. The molecular formula is C59H34S. The van der Waals surface area contributed by atoms with Crippen molar-refractivity contribution in [2.75, 3.05) is 0 Å². The van der Waals surface area contributed by atoms with E-state index < -0.39 is 5.41 Å². The standard InChI is InChI=1S/C59H34S/c1-3-15-37-31-39(27-25-35(37)13-1)40-29-30-46-49(33-40)42-17-5-6-20-45(42)55-56-52(59(57(46)55)50-22-10-7-18-43(50)44-19-8-11-23-51(44)59)34-48(41-28-26-36-14-2-4-16-38(36)32-41)54-47-21-9-12-24-53(47)60-58(54)56/h1-34H. The van der Waals surface area contributed by atoms with Crippen molar-refractivity contribution in [3.8, 4) is 44.5 Å². The minimum atomic E-state index is -0.541. The van der Waals surface area contributed by atoms with Crippen LogP contribution in [-0.4, -0.2) is 0 Å². The van der Waals surface area contributed by atoms with Crippen molar-refractivity contribution in [2.45, 2.75) is 5.41 Å². The SMILES string of the molecule is c1ccc2c(c1)-c1ccccc1C21c2cc(-c3ccc4ccccc4c3)c3c(sc4ccccc43)c2-c2c1c1ccc(-c3ccc4ccccc4c3)cc1c1ccccc21. The summed E-state index contributed by atoms with van der Waals surface area (Å²) < 4.78 is 2.69. The maximum Gasteiger partial charge on any atom is 0.0732 e. The summed E-state index contributed by atoms with van der Waals surface area (Å²) in [5.74, 6) is 0. The molecule has 1 aromatic heterocycles. The second-order valence-electron chi connectivity index (χ2n) is 16.7. The van der Waals surface area contributed by atoms with E-state index in [1.54, 1.807) is 0 Å². The predicted molar refractivity (Wildman–Crippen MR) is 257 cm³/mol. The van der Waals surface area contributed by atoms with Crippen LogP contribution in [-0.2, 0) is 5.41 Å². The third-order valence-electron chi connectivity index (χ3n) is 13.8. The van der Waals surface area contributed by atoms with Crippen LogP contribution in [0.25, 0.3) is 108 Å². The lowest BCUT2D eigenvalue weighted by molar-refractivity contribution is 0.803. The smallest absolute Gasteiger partial charge is 0.0732 e. The van der Waals surface area contributed by atoms with Crippen molar-refractivity contribution in [1.29, 1.82) is 0 Å². The van der Waals surface area contributed by atoms with Gasteiger partial charge >= 0.3 is 0 Å². The Morgan fingerprint density at radius 3 is 1.60 bits per heavy atom. The molecule has 276 valence electrons. The Morgan fingerprint density at radius 2 is 0.867 bits per heavy atom. The van der Waals surface area contributed by atoms with E-state index in [4.69, 9.17) is 0 Å². The lowest BCUT2D eigenvalue weighted by Crippen LogP contribution is -2.26. The van der Waals surface area contributed by atoms with Gasteiger partial charge in [0.15, 0.2) is 0 Å². The van der Waals surface area contributed by atoms with Crippen LogP contribution >= 0.6 is 11.3 Å². The molecule has 0 nitrogen and oxygen atoms in total. The maximum atomic E-state index is 2.61. The molecule has 1 spiro atoms. The molecule has 14 rings (SSSR count). The average molecular weight is 775 g/mol. The van der Waals surface area contributed by atoms with Crippen molar-refractivity contribution in [3.05, 3.63) is 229 Å². The van der Waals surface area contributed by atoms with E-state index in [1.807, 2.05) is 11.3 Å². The van der Waals surface area contributed by atoms with Crippen LogP contribution in [0, 0.1) is 0 Å². The highest BCUT2D eigenvalue weighted by Crippen LogP contribution is 2.68. The minimum absolute atomic E-state index is 0.541. The van der Waals surface area contributed by atoms with Crippen LogP contribution in [0.4, 0.5) is 0 Å². The van der Waals surface area contributed by atoms with Crippen LogP contribution in [0.3, 0.4) is 0 Å². The summed E-state index contributed by atoms with van der Waals surface area (Å²) in [5, 5.41) is 12.9. The van der Waals surface area contributed by atoms with Gasteiger partial charge in [0.25, 0.3) is 0 Å². The van der Waals surface area contributed by atoms with Crippen LogP contribution in [0.5, 0.6) is 0 Å². The van der Waals surface area contributed by atoms with Gasteiger partial charge in [-0.3, -0.25) is 0 Å². The molecule has 0 bridgehead atoms. The van der Waals surface area contributed by atoms with E-state index in [1.165, 1.54) is 130 Å². The Hall–Kier alpha value is -7.32. The van der Waals surface area contributed by atoms with E-state index >= 15 is 0 Å². The summed E-state index contributed by atoms with van der Waals surface area (Å²) in [6.45, 7) is 0. The lowest BCUT2D eigenvalue weighted by Gasteiger charge is -2.32. The number of fused-ring (bicyclic) bond motifs is 21. The molecule has 0 aliphatic heterocycles. The molecule has 0 atom stereocenters. The van der Waals surface area contributed by atoms with Gasteiger partial charge in [-0.25, -0.2) is 0 Å². The molecule has 0 saturated carbocycles. The molecule has 1 heterocycles. The summed E-state index contributed by atoms with van der Waals surface area (Å²) >= 11 is 1.96. The van der Waals surface area contributed by atoms with E-state index in [9.17, 15) is 0 Å². The van der Waals surface area contributed by atoms with Gasteiger partial charge < -0.3 is 0 Å². The zero-order chi connectivity index (χ0) is 39.1. The highest BCUT2D eigenvalue weighted by Gasteiger charge is 2.54. The lowest BCUT2D eigenvalue weighted by atomic mass is 9.68. The third kappa shape index (κ3) is 4.15. The van der Waals surface area contributed by atoms with Gasteiger partial charge in [0.05, 0.1) is 5.41 Å². The summed E-state index contributed by atoms with van der Waals surface area (Å²) in [5.41, 5.74) is 15.4. The minimum Gasteiger partial charge on any atom is -0.134 e.